The van der Waals surface area contributed by atoms with Gasteiger partial charge in [-0.25, -0.2) is 0 Å². The monoisotopic (exact) mass is 292 g/mol. The second-order valence-electron chi connectivity index (χ2n) is 5.28. The molecule has 0 unspecified atom stereocenters. The van der Waals surface area contributed by atoms with Crippen LogP contribution in [0.25, 0.3) is 0 Å². The fourth-order valence-electron chi connectivity index (χ4n) is 2.12. The van der Waals surface area contributed by atoms with Gasteiger partial charge >= 0.3 is 5.97 Å². The van der Waals surface area contributed by atoms with Gasteiger partial charge in [0.2, 0.25) is 0 Å². The van der Waals surface area contributed by atoms with E-state index in [1.54, 1.807) is 6.92 Å². The first kappa shape index (κ1) is 15.0. The van der Waals surface area contributed by atoms with Gasteiger partial charge in [-0.15, -0.1) is 0 Å². The van der Waals surface area contributed by atoms with Crippen molar-refractivity contribution in [2.75, 3.05) is 13.1 Å². The summed E-state index contributed by atoms with van der Waals surface area (Å²) in [5, 5.41) is 19.7. The summed E-state index contributed by atoms with van der Waals surface area (Å²) in [6.07, 6.45) is 1.97. The SMILES string of the molecule is Cc1ccc([N+](=O)[O-])cc1C(=O)N(CC(=O)O)CC1CC1. The molecule has 21 heavy (non-hydrogen) atoms. The van der Waals surface area contributed by atoms with E-state index in [-0.39, 0.29) is 11.3 Å². The fraction of sp³-hybridized carbons (Fsp3) is 0.429. The third-order valence-corrected chi connectivity index (χ3v) is 3.45. The van der Waals surface area contributed by atoms with Gasteiger partial charge in [0.05, 0.1) is 4.92 Å². The normalized spacial score (nSPS) is 13.8. The molecule has 0 bridgehead atoms. The lowest BCUT2D eigenvalue weighted by Gasteiger charge is -2.21. The highest BCUT2D eigenvalue weighted by Crippen LogP contribution is 2.30. The molecule has 1 aliphatic rings. The molecule has 7 heteroatoms. The molecule has 0 heterocycles. The van der Waals surface area contributed by atoms with Crippen molar-refractivity contribution in [3.63, 3.8) is 0 Å². The zero-order chi connectivity index (χ0) is 15.6. The van der Waals surface area contributed by atoms with Gasteiger partial charge in [0, 0.05) is 24.2 Å². The molecule has 2 rings (SSSR count). The van der Waals surface area contributed by atoms with E-state index in [2.05, 4.69) is 0 Å². The summed E-state index contributed by atoms with van der Waals surface area (Å²) in [5.41, 5.74) is 0.605. The molecule has 0 atom stereocenters. The van der Waals surface area contributed by atoms with Crippen LogP contribution >= 0.6 is 0 Å². The Kier molecular flexibility index (Phi) is 4.21. The average molecular weight is 292 g/mol. The van der Waals surface area contributed by atoms with Gasteiger partial charge in [0.25, 0.3) is 11.6 Å². The van der Waals surface area contributed by atoms with Crippen molar-refractivity contribution >= 4 is 17.6 Å². The smallest absolute Gasteiger partial charge is 0.323 e. The number of rotatable bonds is 6. The molecule has 1 saturated carbocycles. The van der Waals surface area contributed by atoms with Gasteiger partial charge in [-0.05, 0) is 31.2 Å². The summed E-state index contributed by atoms with van der Waals surface area (Å²) >= 11 is 0. The lowest BCUT2D eigenvalue weighted by molar-refractivity contribution is -0.384. The maximum atomic E-state index is 12.5. The largest absolute Gasteiger partial charge is 0.480 e. The minimum Gasteiger partial charge on any atom is -0.480 e. The Hall–Kier alpha value is -2.44. The Labute approximate surface area is 121 Å². The van der Waals surface area contributed by atoms with Crippen LogP contribution in [0.4, 0.5) is 5.69 Å². The van der Waals surface area contributed by atoms with Crippen LogP contribution in [0.15, 0.2) is 18.2 Å². The quantitative estimate of drug-likeness (QED) is 0.636. The third kappa shape index (κ3) is 3.77. The topological polar surface area (TPSA) is 101 Å². The summed E-state index contributed by atoms with van der Waals surface area (Å²) in [6.45, 7) is 1.66. The van der Waals surface area contributed by atoms with E-state index in [0.717, 1.165) is 12.8 Å². The molecule has 1 fully saturated rings. The first-order valence-corrected chi connectivity index (χ1v) is 6.64. The van der Waals surface area contributed by atoms with E-state index < -0.39 is 23.3 Å². The maximum absolute atomic E-state index is 12.5. The highest BCUT2D eigenvalue weighted by atomic mass is 16.6. The van der Waals surface area contributed by atoms with Gasteiger partial charge in [-0.2, -0.15) is 0 Å². The number of hydrogen-bond donors (Lipinski definition) is 1. The third-order valence-electron chi connectivity index (χ3n) is 3.45. The van der Waals surface area contributed by atoms with Gasteiger partial charge in [0.15, 0.2) is 0 Å². The summed E-state index contributed by atoms with van der Waals surface area (Å²) < 4.78 is 0. The molecule has 0 spiro atoms. The van der Waals surface area contributed by atoms with Crippen LogP contribution in [-0.4, -0.2) is 39.9 Å². The van der Waals surface area contributed by atoms with Crippen molar-refractivity contribution in [1.29, 1.82) is 0 Å². The van der Waals surface area contributed by atoms with E-state index in [4.69, 9.17) is 5.11 Å². The summed E-state index contributed by atoms with van der Waals surface area (Å²) in [4.78, 5) is 34.9. The molecular formula is C14H16N2O5. The van der Waals surface area contributed by atoms with Crippen LogP contribution in [0, 0.1) is 23.0 Å². The van der Waals surface area contributed by atoms with Crippen LogP contribution in [0.3, 0.4) is 0 Å². The van der Waals surface area contributed by atoms with Crippen LogP contribution in [-0.2, 0) is 4.79 Å². The number of nitro benzene ring substituents is 1. The lowest BCUT2D eigenvalue weighted by atomic mass is 10.1. The summed E-state index contributed by atoms with van der Waals surface area (Å²) in [7, 11) is 0. The van der Waals surface area contributed by atoms with Gasteiger partial charge in [-0.1, -0.05) is 6.07 Å². The fourth-order valence-corrected chi connectivity index (χ4v) is 2.12. The summed E-state index contributed by atoms with van der Waals surface area (Å²) in [5.74, 6) is -1.22. The Morgan fingerprint density at radius 2 is 2.10 bits per heavy atom. The number of carbonyl (C=O) groups excluding carboxylic acids is 1. The lowest BCUT2D eigenvalue weighted by Crippen LogP contribution is -2.37. The minimum atomic E-state index is -1.09. The van der Waals surface area contributed by atoms with Crippen LogP contribution in [0.2, 0.25) is 0 Å². The zero-order valence-electron chi connectivity index (χ0n) is 11.6. The molecule has 1 aromatic rings. The van der Waals surface area contributed by atoms with E-state index in [0.29, 0.717) is 18.0 Å². The van der Waals surface area contributed by atoms with Gasteiger partial charge in [-0.3, -0.25) is 19.7 Å². The number of carbonyl (C=O) groups is 2. The molecule has 1 N–H and O–H groups in total. The Morgan fingerprint density at radius 1 is 1.43 bits per heavy atom. The number of nitrogens with zero attached hydrogens (tertiary/aromatic N) is 2. The second-order valence-corrected chi connectivity index (χ2v) is 5.28. The van der Waals surface area contributed by atoms with E-state index in [1.807, 2.05) is 0 Å². The number of nitro groups is 1. The number of amides is 1. The molecule has 7 nitrogen and oxygen atoms in total. The first-order valence-electron chi connectivity index (χ1n) is 6.64. The molecule has 1 amide bonds. The van der Waals surface area contributed by atoms with Crippen molar-refractivity contribution in [1.82, 2.24) is 4.90 Å². The molecule has 1 aliphatic carbocycles. The molecule has 0 aliphatic heterocycles. The zero-order valence-corrected chi connectivity index (χ0v) is 11.6. The van der Waals surface area contributed by atoms with Gasteiger partial charge in [0.1, 0.15) is 6.54 Å². The molecule has 112 valence electrons. The van der Waals surface area contributed by atoms with Crippen LogP contribution < -0.4 is 0 Å². The Bertz CT molecular complexity index is 595. The van der Waals surface area contributed by atoms with Gasteiger partial charge < -0.3 is 10.0 Å². The average Bonchev–Trinajstić information content (AvgIpc) is 3.21. The van der Waals surface area contributed by atoms with Crippen molar-refractivity contribution < 1.29 is 19.6 Å². The molecule has 0 saturated heterocycles. The number of carboxylic acid groups (broad SMARTS) is 1. The standard InChI is InChI=1S/C14H16N2O5/c1-9-2-5-11(16(20)21)6-12(9)14(19)15(8-13(17)18)7-10-3-4-10/h2,5-6,10H,3-4,7-8H2,1H3,(H,17,18). The molecule has 1 aromatic carbocycles. The maximum Gasteiger partial charge on any atom is 0.323 e. The van der Waals surface area contributed by atoms with Crippen molar-refractivity contribution in [2.45, 2.75) is 19.8 Å². The van der Waals surface area contributed by atoms with Crippen molar-refractivity contribution in [3.05, 3.63) is 39.4 Å². The number of non-ortho nitro benzene ring substituents is 1. The van der Waals surface area contributed by atoms with Crippen LogP contribution in [0.5, 0.6) is 0 Å². The molecule has 0 radical (unpaired) electrons. The molecule has 0 aromatic heterocycles. The van der Waals surface area contributed by atoms with Crippen molar-refractivity contribution in [3.8, 4) is 0 Å². The number of carboxylic acids is 1. The predicted octanol–water partition coefficient (Wildman–Crippen LogP) is 1.84. The Morgan fingerprint density at radius 3 is 2.62 bits per heavy atom. The Balaban J connectivity index is 2.27. The van der Waals surface area contributed by atoms with Crippen molar-refractivity contribution in [2.24, 2.45) is 5.92 Å². The number of aryl methyl sites for hydroxylation is 1. The first-order chi connectivity index (χ1) is 9.88. The van der Waals surface area contributed by atoms with E-state index >= 15 is 0 Å². The predicted molar refractivity (Wildman–Crippen MR) is 74.1 cm³/mol. The van der Waals surface area contributed by atoms with E-state index in [9.17, 15) is 19.7 Å². The highest BCUT2D eigenvalue weighted by molar-refractivity contribution is 5.97. The number of hydrogen-bond acceptors (Lipinski definition) is 4. The number of aliphatic carboxylic acids is 1. The second kappa shape index (κ2) is 5.90. The van der Waals surface area contributed by atoms with Crippen LogP contribution in [0.1, 0.15) is 28.8 Å². The minimum absolute atomic E-state index is 0.175. The molecular weight excluding hydrogens is 276 g/mol. The highest BCUT2D eigenvalue weighted by Gasteiger charge is 2.29. The van der Waals surface area contributed by atoms with E-state index in [1.165, 1.54) is 23.1 Å². The number of benzene rings is 1. The summed E-state index contributed by atoms with van der Waals surface area (Å²) in [6, 6.07) is 4.04.